The molecule has 0 bridgehead atoms. The van der Waals surface area contributed by atoms with E-state index in [1.807, 2.05) is 19.1 Å². The zero-order valence-corrected chi connectivity index (χ0v) is 15.7. The van der Waals surface area contributed by atoms with Gasteiger partial charge in [-0.2, -0.15) is 9.97 Å². The van der Waals surface area contributed by atoms with Gasteiger partial charge in [0.2, 0.25) is 11.8 Å². The Hall–Kier alpha value is -3.35. The molecule has 0 saturated heterocycles. The topological polar surface area (TPSA) is 77.7 Å². The molecular formula is C20H21N3O4. The van der Waals surface area contributed by atoms with E-state index in [-0.39, 0.29) is 11.9 Å². The second kappa shape index (κ2) is 7.90. The molecule has 0 spiro atoms. The van der Waals surface area contributed by atoms with Crippen molar-refractivity contribution in [3.63, 3.8) is 0 Å². The van der Waals surface area contributed by atoms with E-state index in [9.17, 15) is 4.79 Å². The number of hydrogen-bond donors (Lipinski definition) is 0. The number of carbonyl (C=O) groups is 1. The van der Waals surface area contributed by atoms with Gasteiger partial charge in [0.1, 0.15) is 5.76 Å². The Balaban J connectivity index is 1.90. The number of aromatic nitrogens is 2. The molecule has 27 heavy (non-hydrogen) atoms. The van der Waals surface area contributed by atoms with Gasteiger partial charge in [0.15, 0.2) is 5.82 Å². The summed E-state index contributed by atoms with van der Waals surface area (Å²) in [6, 6.07) is 12.2. The van der Waals surface area contributed by atoms with Crippen LogP contribution in [0, 0.1) is 0 Å². The van der Waals surface area contributed by atoms with E-state index in [2.05, 4.69) is 9.97 Å². The van der Waals surface area contributed by atoms with Crippen molar-refractivity contribution in [3.8, 4) is 23.1 Å². The van der Waals surface area contributed by atoms with Crippen LogP contribution in [0.3, 0.4) is 0 Å². The van der Waals surface area contributed by atoms with Crippen molar-refractivity contribution >= 4 is 5.91 Å². The van der Waals surface area contributed by atoms with Crippen LogP contribution < -0.4 is 9.47 Å². The van der Waals surface area contributed by atoms with Gasteiger partial charge in [0.25, 0.3) is 5.91 Å². The van der Waals surface area contributed by atoms with E-state index in [0.29, 0.717) is 28.7 Å². The lowest BCUT2D eigenvalue weighted by atomic mass is 10.1. The minimum absolute atomic E-state index is 0.129. The lowest BCUT2D eigenvalue weighted by Gasteiger charge is -2.23. The van der Waals surface area contributed by atoms with Gasteiger partial charge in [-0.3, -0.25) is 4.79 Å². The van der Waals surface area contributed by atoms with Crippen LogP contribution in [0.15, 0.2) is 53.1 Å². The highest BCUT2D eigenvalue weighted by atomic mass is 16.5. The van der Waals surface area contributed by atoms with E-state index in [0.717, 1.165) is 5.76 Å². The summed E-state index contributed by atoms with van der Waals surface area (Å²) in [4.78, 5) is 23.2. The third-order valence-corrected chi connectivity index (χ3v) is 4.32. The monoisotopic (exact) mass is 367 g/mol. The first-order chi connectivity index (χ1) is 13.0. The van der Waals surface area contributed by atoms with Crippen LogP contribution in [0.1, 0.15) is 29.1 Å². The van der Waals surface area contributed by atoms with Crippen molar-refractivity contribution in [2.75, 3.05) is 21.3 Å². The maximum atomic E-state index is 12.9. The second-order valence-corrected chi connectivity index (χ2v) is 5.96. The summed E-state index contributed by atoms with van der Waals surface area (Å²) in [5.74, 6) is 1.79. The number of hydrogen-bond acceptors (Lipinski definition) is 6. The first kappa shape index (κ1) is 18.4. The Bertz CT molecular complexity index is 902. The third kappa shape index (κ3) is 3.92. The number of nitrogens with zero attached hydrogens (tertiary/aromatic N) is 3. The molecule has 7 heteroatoms. The number of carbonyl (C=O) groups excluding carboxylic acids is 1. The van der Waals surface area contributed by atoms with Crippen LogP contribution >= 0.6 is 0 Å². The molecule has 0 unspecified atom stereocenters. The predicted molar refractivity (Wildman–Crippen MR) is 99.8 cm³/mol. The highest BCUT2D eigenvalue weighted by molar-refractivity contribution is 5.95. The summed E-state index contributed by atoms with van der Waals surface area (Å²) in [6.07, 6.45) is 1.60. The summed E-state index contributed by atoms with van der Waals surface area (Å²) in [5.41, 5.74) is 1.22. The summed E-state index contributed by atoms with van der Waals surface area (Å²) in [6.45, 7) is 1.91. The van der Waals surface area contributed by atoms with Gasteiger partial charge in [-0.15, -0.1) is 0 Å². The molecule has 2 aromatic heterocycles. The van der Waals surface area contributed by atoms with Crippen molar-refractivity contribution < 1.29 is 18.7 Å². The minimum Gasteiger partial charge on any atom is -0.481 e. The van der Waals surface area contributed by atoms with Gasteiger partial charge in [0.05, 0.1) is 32.6 Å². The Morgan fingerprint density at radius 3 is 2.37 bits per heavy atom. The molecule has 2 heterocycles. The lowest BCUT2D eigenvalue weighted by Crippen LogP contribution is -2.29. The van der Waals surface area contributed by atoms with E-state index in [1.54, 1.807) is 48.5 Å². The molecule has 0 saturated carbocycles. The second-order valence-electron chi connectivity index (χ2n) is 5.96. The zero-order valence-electron chi connectivity index (χ0n) is 15.7. The van der Waals surface area contributed by atoms with Gasteiger partial charge in [-0.25, -0.2) is 0 Å². The molecule has 0 aliphatic carbocycles. The standard InChI is InChI=1S/C20H21N3O4/c1-13(16-9-6-10-27-16)23(2)20(24)15-8-5-7-14(11-15)19-21-17(25-3)12-18(22-19)26-4/h5-13H,1-4H3/t13-/m0/s1. The van der Waals surface area contributed by atoms with Gasteiger partial charge >= 0.3 is 0 Å². The first-order valence-electron chi connectivity index (χ1n) is 8.41. The summed E-state index contributed by atoms with van der Waals surface area (Å²) in [7, 11) is 4.79. The molecule has 7 nitrogen and oxygen atoms in total. The van der Waals surface area contributed by atoms with E-state index < -0.39 is 0 Å². The maximum Gasteiger partial charge on any atom is 0.254 e. The Kier molecular flexibility index (Phi) is 5.40. The largest absolute Gasteiger partial charge is 0.481 e. The fourth-order valence-corrected chi connectivity index (χ4v) is 2.63. The Morgan fingerprint density at radius 1 is 1.07 bits per heavy atom. The van der Waals surface area contributed by atoms with Crippen molar-refractivity contribution in [3.05, 3.63) is 60.1 Å². The molecular weight excluding hydrogens is 346 g/mol. The Morgan fingerprint density at radius 2 is 1.78 bits per heavy atom. The number of furan rings is 1. The first-order valence-corrected chi connectivity index (χ1v) is 8.41. The molecule has 140 valence electrons. The SMILES string of the molecule is COc1cc(OC)nc(-c2cccc(C(=O)N(C)[C@@H](C)c3ccco3)c2)n1. The quantitative estimate of drug-likeness (QED) is 0.663. The summed E-state index contributed by atoms with van der Waals surface area (Å²) >= 11 is 0. The normalized spacial score (nSPS) is 11.7. The summed E-state index contributed by atoms with van der Waals surface area (Å²) in [5, 5.41) is 0. The number of rotatable bonds is 6. The van der Waals surface area contributed by atoms with E-state index >= 15 is 0 Å². The fourth-order valence-electron chi connectivity index (χ4n) is 2.63. The number of ether oxygens (including phenoxy) is 2. The van der Waals surface area contributed by atoms with Crippen LogP contribution in [0.4, 0.5) is 0 Å². The van der Waals surface area contributed by atoms with Crippen LogP contribution in [-0.2, 0) is 0 Å². The summed E-state index contributed by atoms with van der Waals surface area (Å²) < 4.78 is 15.8. The Labute approximate surface area is 157 Å². The van der Waals surface area contributed by atoms with Crippen molar-refractivity contribution in [1.82, 2.24) is 14.9 Å². The molecule has 3 aromatic rings. The molecule has 0 aliphatic heterocycles. The number of benzene rings is 1. The van der Waals surface area contributed by atoms with Crippen molar-refractivity contribution in [2.24, 2.45) is 0 Å². The molecule has 0 N–H and O–H groups in total. The molecule has 1 amide bonds. The van der Waals surface area contributed by atoms with Crippen molar-refractivity contribution in [2.45, 2.75) is 13.0 Å². The number of methoxy groups -OCH3 is 2. The van der Waals surface area contributed by atoms with E-state index in [1.165, 1.54) is 14.2 Å². The van der Waals surface area contributed by atoms with E-state index in [4.69, 9.17) is 13.9 Å². The van der Waals surface area contributed by atoms with Crippen LogP contribution in [0.5, 0.6) is 11.8 Å². The highest BCUT2D eigenvalue weighted by Gasteiger charge is 2.21. The molecule has 0 radical (unpaired) electrons. The van der Waals surface area contributed by atoms with Gasteiger partial charge in [-0.1, -0.05) is 12.1 Å². The minimum atomic E-state index is -0.190. The predicted octanol–water partition coefficient (Wildman–Crippen LogP) is 3.59. The molecule has 1 atom stereocenters. The average Bonchev–Trinajstić information content (AvgIpc) is 3.26. The van der Waals surface area contributed by atoms with Crippen LogP contribution in [0.25, 0.3) is 11.4 Å². The molecule has 3 rings (SSSR count). The van der Waals surface area contributed by atoms with Gasteiger partial charge in [0, 0.05) is 18.2 Å². The average molecular weight is 367 g/mol. The molecule has 0 fully saturated rings. The fraction of sp³-hybridized carbons (Fsp3) is 0.250. The van der Waals surface area contributed by atoms with Gasteiger partial charge < -0.3 is 18.8 Å². The lowest BCUT2D eigenvalue weighted by molar-refractivity contribution is 0.0726. The van der Waals surface area contributed by atoms with Crippen molar-refractivity contribution in [1.29, 1.82) is 0 Å². The smallest absolute Gasteiger partial charge is 0.254 e. The molecule has 0 aliphatic rings. The van der Waals surface area contributed by atoms with Crippen LogP contribution in [-0.4, -0.2) is 42.0 Å². The van der Waals surface area contributed by atoms with Gasteiger partial charge in [-0.05, 0) is 31.2 Å². The maximum absolute atomic E-state index is 12.9. The van der Waals surface area contributed by atoms with Crippen LogP contribution in [0.2, 0.25) is 0 Å². The third-order valence-electron chi connectivity index (χ3n) is 4.32. The number of amides is 1. The zero-order chi connectivity index (χ0) is 19.4. The molecule has 1 aromatic carbocycles. The highest BCUT2D eigenvalue weighted by Crippen LogP contribution is 2.25.